The third-order valence-electron chi connectivity index (χ3n) is 4.98. The maximum Gasteiger partial charge on any atom is 0.267 e. The van der Waals surface area contributed by atoms with Crippen LogP contribution in [0.3, 0.4) is 0 Å². The summed E-state index contributed by atoms with van der Waals surface area (Å²) in [5.41, 5.74) is 9.05. The van der Waals surface area contributed by atoms with Gasteiger partial charge in [-0.05, 0) is 75.2 Å². The van der Waals surface area contributed by atoms with Crippen LogP contribution in [0.25, 0.3) is 0 Å². The minimum Gasteiger partial charge on any atom is -0.336 e. The van der Waals surface area contributed by atoms with E-state index in [0.717, 1.165) is 27.9 Å². The number of hydrogen-bond donors (Lipinski definition) is 2. The summed E-state index contributed by atoms with van der Waals surface area (Å²) >= 11 is -0.705. The number of hydrogen-bond acceptors (Lipinski definition) is 7. The normalized spacial score (nSPS) is 12.1. The van der Waals surface area contributed by atoms with Crippen LogP contribution >= 0.6 is 11.3 Å². The number of anilines is 2. The quantitative estimate of drug-likeness (QED) is 0.537. The highest BCUT2D eigenvalue weighted by Crippen LogP contribution is 2.29. The molecule has 0 saturated carbocycles. The number of nitrogens with zero attached hydrogens (tertiary/aromatic N) is 1. The van der Waals surface area contributed by atoms with Crippen molar-refractivity contribution in [1.82, 2.24) is 5.16 Å². The Hall–Kier alpha value is -2.49. The van der Waals surface area contributed by atoms with E-state index in [2.05, 4.69) is 16.0 Å². The van der Waals surface area contributed by atoms with E-state index in [-0.39, 0.29) is 16.7 Å². The first kappa shape index (κ1) is 21.2. The van der Waals surface area contributed by atoms with Crippen LogP contribution in [-0.4, -0.2) is 15.3 Å². The van der Waals surface area contributed by atoms with Crippen LogP contribution in [0.2, 0.25) is 0 Å². The lowest BCUT2D eigenvalue weighted by atomic mass is 9.98. The molecular formula is C20H23N3O4S2. The van der Waals surface area contributed by atoms with Crippen molar-refractivity contribution in [3.05, 3.63) is 55.9 Å². The first-order valence-corrected chi connectivity index (χ1v) is 10.9. The number of rotatable bonds is 6. The molecule has 29 heavy (non-hydrogen) atoms. The fourth-order valence-corrected chi connectivity index (χ4v) is 4.65. The molecule has 0 aliphatic rings. The second kappa shape index (κ2) is 8.48. The van der Waals surface area contributed by atoms with E-state index in [1.54, 1.807) is 25.3 Å². The van der Waals surface area contributed by atoms with Crippen molar-refractivity contribution in [2.45, 2.75) is 46.4 Å². The van der Waals surface area contributed by atoms with Crippen LogP contribution in [0, 0.1) is 41.5 Å². The molecule has 2 aromatic heterocycles. The zero-order chi connectivity index (χ0) is 21.3. The van der Waals surface area contributed by atoms with Crippen LogP contribution < -0.4 is 10.8 Å². The minimum atomic E-state index is -1.91. The third-order valence-corrected chi connectivity index (χ3v) is 6.95. The van der Waals surface area contributed by atoms with Crippen LogP contribution in [0.15, 0.2) is 26.9 Å². The highest BCUT2D eigenvalue weighted by molar-refractivity contribution is 7.80. The summed E-state index contributed by atoms with van der Waals surface area (Å²) < 4.78 is 22.9. The van der Waals surface area contributed by atoms with E-state index >= 15 is 0 Å². The molecule has 154 valence electrons. The summed E-state index contributed by atoms with van der Waals surface area (Å²) in [5.74, 6) is -0.0495. The molecule has 0 fully saturated rings. The Kier molecular flexibility index (Phi) is 6.21. The van der Waals surface area contributed by atoms with Crippen molar-refractivity contribution in [2.24, 2.45) is 0 Å². The molecule has 0 aliphatic heterocycles. The van der Waals surface area contributed by atoms with E-state index in [0.29, 0.717) is 10.6 Å². The number of benzene rings is 1. The van der Waals surface area contributed by atoms with Gasteiger partial charge in [0, 0.05) is 11.3 Å². The second-order valence-corrected chi connectivity index (χ2v) is 8.84. The molecule has 3 aromatic rings. The van der Waals surface area contributed by atoms with Gasteiger partial charge in [-0.1, -0.05) is 11.2 Å². The van der Waals surface area contributed by atoms with Gasteiger partial charge >= 0.3 is 0 Å². The first-order valence-electron chi connectivity index (χ1n) is 8.95. The van der Waals surface area contributed by atoms with Crippen LogP contribution in [0.4, 0.5) is 11.6 Å². The van der Waals surface area contributed by atoms with E-state index in [1.807, 2.05) is 33.8 Å². The van der Waals surface area contributed by atoms with Crippen molar-refractivity contribution < 1.29 is 17.8 Å². The van der Waals surface area contributed by atoms with Gasteiger partial charge in [-0.25, -0.2) is 9.69 Å². The Morgan fingerprint density at radius 3 is 2.48 bits per heavy atom. The van der Waals surface area contributed by atoms with Crippen molar-refractivity contribution in [3.8, 4) is 0 Å². The van der Waals surface area contributed by atoms with E-state index < -0.39 is 11.1 Å². The van der Waals surface area contributed by atoms with Crippen LogP contribution in [0.5, 0.6) is 0 Å². The van der Waals surface area contributed by atoms with Gasteiger partial charge in [0.2, 0.25) is 11.1 Å². The molecule has 0 aliphatic carbocycles. The zero-order valence-electron chi connectivity index (χ0n) is 17.1. The van der Waals surface area contributed by atoms with Crippen molar-refractivity contribution >= 4 is 39.9 Å². The zero-order valence-corrected chi connectivity index (χ0v) is 18.8. The fourth-order valence-electron chi connectivity index (χ4n) is 2.87. The number of carbonyl (C=O) groups excluding carboxylic acids is 1. The number of aryl methyl sites for hydroxylation is 3. The van der Waals surface area contributed by atoms with Gasteiger partial charge in [-0.2, -0.15) is 4.28 Å². The molecular weight excluding hydrogens is 410 g/mol. The highest BCUT2D eigenvalue weighted by Gasteiger charge is 2.21. The predicted octanol–water partition coefficient (Wildman–Crippen LogP) is 4.91. The SMILES string of the molecule is Cc1cc(C)c(NC(=O)c2sccc2S(=O)ONc2onc(C)c2C)c(C)c1C. The number of nitrogens with one attached hydrogen (secondary N) is 2. The summed E-state index contributed by atoms with van der Waals surface area (Å²) in [4.78, 5) is 13.5. The predicted molar refractivity (Wildman–Crippen MR) is 115 cm³/mol. The Labute approximate surface area is 176 Å². The number of aromatic nitrogens is 1. The lowest BCUT2D eigenvalue weighted by Gasteiger charge is -2.16. The molecule has 0 saturated heterocycles. The van der Waals surface area contributed by atoms with Gasteiger partial charge in [-0.15, -0.1) is 11.3 Å². The molecule has 2 heterocycles. The largest absolute Gasteiger partial charge is 0.336 e. The molecule has 3 rings (SSSR count). The number of carbonyl (C=O) groups is 1. The molecule has 1 amide bonds. The Morgan fingerprint density at radius 2 is 1.83 bits per heavy atom. The Balaban J connectivity index is 1.77. The molecule has 9 heteroatoms. The molecule has 1 aromatic carbocycles. The lowest BCUT2D eigenvalue weighted by molar-refractivity contribution is 0.102. The van der Waals surface area contributed by atoms with Crippen molar-refractivity contribution in [2.75, 3.05) is 10.8 Å². The van der Waals surface area contributed by atoms with Crippen molar-refractivity contribution in [3.63, 3.8) is 0 Å². The lowest BCUT2D eigenvalue weighted by Crippen LogP contribution is -2.16. The van der Waals surface area contributed by atoms with Gasteiger partial charge in [-0.3, -0.25) is 4.79 Å². The second-order valence-electron chi connectivity index (χ2n) is 6.85. The van der Waals surface area contributed by atoms with Crippen LogP contribution in [0.1, 0.15) is 43.2 Å². The average Bonchev–Trinajstić information content (AvgIpc) is 3.29. The highest BCUT2D eigenvalue weighted by atomic mass is 32.2. The van der Waals surface area contributed by atoms with Gasteiger partial charge in [0.1, 0.15) is 4.88 Å². The maximum atomic E-state index is 12.9. The summed E-state index contributed by atoms with van der Waals surface area (Å²) in [7, 11) is 0. The Bertz CT molecular complexity index is 1100. The smallest absolute Gasteiger partial charge is 0.267 e. The van der Waals surface area contributed by atoms with Gasteiger partial charge < -0.3 is 9.84 Å². The molecule has 7 nitrogen and oxygen atoms in total. The van der Waals surface area contributed by atoms with Crippen LogP contribution in [-0.2, 0) is 15.4 Å². The molecule has 1 unspecified atom stereocenters. The van der Waals surface area contributed by atoms with E-state index in [9.17, 15) is 9.00 Å². The molecule has 2 N–H and O–H groups in total. The minimum absolute atomic E-state index is 0.276. The summed E-state index contributed by atoms with van der Waals surface area (Å²) in [5, 5.41) is 8.47. The van der Waals surface area contributed by atoms with E-state index in [4.69, 9.17) is 8.81 Å². The number of thiophene rings is 1. The topological polar surface area (TPSA) is 93.5 Å². The third kappa shape index (κ3) is 4.26. The monoisotopic (exact) mass is 433 g/mol. The fraction of sp³-hybridized carbons (Fsp3) is 0.300. The summed E-state index contributed by atoms with van der Waals surface area (Å²) in [6.45, 7) is 11.6. The molecule has 0 radical (unpaired) electrons. The number of amides is 1. The van der Waals surface area contributed by atoms with Gasteiger partial charge in [0.25, 0.3) is 11.8 Å². The van der Waals surface area contributed by atoms with Crippen molar-refractivity contribution in [1.29, 1.82) is 0 Å². The van der Waals surface area contributed by atoms with Gasteiger partial charge in [0.05, 0.1) is 10.6 Å². The first-order chi connectivity index (χ1) is 13.7. The standard InChI is InChI=1S/C20H23N3O4S2/c1-10-9-11(2)17(13(4)12(10)3)21-19(24)18-16(7-8-28-18)29(25)27-23-20-14(5)15(6)22-26-20/h7-9,23H,1-6H3,(H,21,24). The van der Waals surface area contributed by atoms with E-state index in [1.165, 1.54) is 16.9 Å². The summed E-state index contributed by atoms with van der Waals surface area (Å²) in [6.07, 6.45) is 0. The molecule has 0 spiro atoms. The average molecular weight is 434 g/mol. The molecule has 1 atom stereocenters. The maximum absolute atomic E-state index is 12.9. The molecule has 0 bridgehead atoms. The van der Waals surface area contributed by atoms with Gasteiger partial charge in [0.15, 0.2) is 0 Å². The summed E-state index contributed by atoms with van der Waals surface area (Å²) in [6, 6.07) is 3.65. The Morgan fingerprint density at radius 1 is 1.10 bits per heavy atom.